The molecule has 2 atom stereocenters. The summed E-state index contributed by atoms with van der Waals surface area (Å²) in [7, 11) is 3.09. The SMILES string of the molecule is COc1ccc(OC)c(-c2cc(C(=O)N[C@H](C)C(=O)NC[C@H]3CCCO3)no2)c1. The maximum atomic E-state index is 12.4. The normalized spacial score (nSPS) is 16.9. The summed E-state index contributed by atoms with van der Waals surface area (Å²) in [6.07, 6.45) is 1.97. The zero-order valence-electron chi connectivity index (χ0n) is 16.7. The Morgan fingerprint density at radius 2 is 2.10 bits per heavy atom. The van der Waals surface area contributed by atoms with Crippen LogP contribution in [0.3, 0.4) is 0 Å². The van der Waals surface area contributed by atoms with Crippen molar-refractivity contribution < 1.29 is 28.3 Å². The number of nitrogens with zero attached hydrogens (tertiary/aromatic N) is 1. The highest BCUT2D eigenvalue weighted by Crippen LogP contribution is 2.33. The molecule has 0 unspecified atom stereocenters. The average molecular weight is 403 g/mol. The molecule has 1 fully saturated rings. The van der Waals surface area contributed by atoms with Crippen LogP contribution in [0.1, 0.15) is 30.3 Å². The van der Waals surface area contributed by atoms with E-state index in [1.807, 2.05) is 0 Å². The highest BCUT2D eigenvalue weighted by Gasteiger charge is 2.22. The Morgan fingerprint density at radius 1 is 1.28 bits per heavy atom. The smallest absolute Gasteiger partial charge is 0.274 e. The molecule has 2 amide bonds. The Hall–Kier alpha value is -3.07. The molecular formula is C20H25N3O6. The van der Waals surface area contributed by atoms with Crippen LogP contribution in [0.2, 0.25) is 0 Å². The summed E-state index contributed by atoms with van der Waals surface area (Å²) in [5, 5.41) is 9.21. The van der Waals surface area contributed by atoms with Crippen molar-refractivity contribution in [1.29, 1.82) is 0 Å². The second-order valence-corrected chi connectivity index (χ2v) is 6.72. The number of benzene rings is 1. The molecular weight excluding hydrogens is 378 g/mol. The van der Waals surface area contributed by atoms with Crippen molar-refractivity contribution >= 4 is 11.8 Å². The fraction of sp³-hybridized carbons (Fsp3) is 0.450. The van der Waals surface area contributed by atoms with Crippen LogP contribution in [0.25, 0.3) is 11.3 Å². The highest BCUT2D eigenvalue weighted by atomic mass is 16.5. The molecule has 0 bridgehead atoms. The maximum Gasteiger partial charge on any atom is 0.274 e. The fourth-order valence-corrected chi connectivity index (χ4v) is 3.02. The predicted octanol–water partition coefficient (Wildman–Crippen LogP) is 1.77. The first-order valence-corrected chi connectivity index (χ1v) is 9.41. The van der Waals surface area contributed by atoms with E-state index in [0.29, 0.717) is 29.4 Å². The summed E-state index contributed by atoms with van der Waals surface area (Å²) >= 11 is 0. The number of hydrogen-bond donors (Lipinski definition) is 2. The van der Waals surface area contributed by atoms with Crippen molar-refractivity contribution in [2.24, 2.45) is 0 Å². The van der Waals surface area contributed by atoms with Crippen molar-refractivity contribution in [1.82, 2.24) is 15.8 Å². The van der Waals surface area contributed by atoms with Gasteiger partial charge in [-0.1, -0.05) is 5.16 Å². The van der Waals surface area contributed by atoms with Crippen molar-refractivity contribution in [2.45, 2.75) is 31.9 Å². The van der Waals surface area contributed by atoms with Gasteiger partial charge in [-0.2, -0.15) is 0 Å². The number of nitrogens with one attached hydrogen (secondary N) is 2. The Bertz CT molecular complexity index is 860. The van der Waals surface area contributed by atoms with E-state index >= 15 is 0 Å². The fourth-order valence-electron chi connectivity index (χ4n) is 3.02. The average Bonchev–Trinajstić information content (AvgIpc) is 3.43. The summed E-state index contributed by atoms with van der Waals surface area (Å²) in [5.41, 5.74) is 0.657. The quantitative estimate of drug-likeness (QED) is 0.691. The lowest BCUT2D eigenvalue weighted by Crippen LogP contribution is -2.46. The van der Waals surface area contributed by atoms with Gasteiger partial charge in [0, 0.05) is 19.2 Å². The number of rotatable bonds is 8. The van der Waals surface area contributed by atoms with Gasteiger partial charge in [-0.05, 0) is 38.0 Å². The summed E-state index contributed by atoms with van der Waals surface area (Å²) in [6.45, 7) is 2.76. The van der Waals surface area contributed by atoms with Crippen molar-refractivity contribution in [3.05, 3.63) is 30.0 Å². The second-order valence-electron chi connectivity index (χ2n) is 6.72. The van der Waals surface area contributed by atoms with Gasteiger partial charge >= 0.3 is 0 Å². The molecule has 1 aliphatic rings. The third-order valence-electron chi connectivity index (χ3n) is 4.68. The Kier molecular flexibility index (Phi) is 6.71. The number of hydrogen-bond acceptors (Lipinski definition) is 7. The van der Waals surface area contributed by atoms with E-state index in [1.165, 1.54) is 13.2 Å². The van der Waals surface area contributed by atoms with Gasteiger partial charge in [0.2, 0.25) is 5.91 Å². The molecule has 1 aliphatic heterocycles. The molecule has 0 aliphatic carbocycles. The molecule has 0 radical (unpaired) electrons. The van der Waals surface area contributed by atoms with Crippen LogP contribution in [0.4, 0.5) is 0 Å². The molecule has 29 heavy (non-hydrogen) atoms. The van der Waals surface area contributed by atoms with E-state index < -0.39 is 11.9 Å². The lowest BCUT2D eigenvalue weighted by molar-refractivity contribution is -0.123. The minimum Gasteiger partial charge on any atom is -0.497 e. The molecule has 1 saturated heterocycles. The van der Waals surface area contributed by atoms with Gasteiger partial charge in [0.05, 0.1) is 25.9 Å². The first-order chi connectivity index (χ1) is 14.0. The van der Waals surface area contributed by atoms with Crippen LogP contribution in [0.15, 0.2) is 28.8 Å². The van der Waals surface area contributed by atoms with Gasteiger partial charge in [-0.25, -0.2) is 0 Å². The minimum absolute atomic E-state index is 0.0396. The number of carbonyl (C=O) groups is 2. The first kappa shape index (κ1) is 20.7. The molecule has 1 aromatic heterocycles. The van der Waals surface area contributed by atoms with Crippen LogP contribution in [-0.2, 0) is 9.53 Å². The van der Waals surface area contributed by atoms with Crippen LogP contribution < -0.4 is 20.1 Å². The standard InChI is InChI=1S/C20H25N3O6/c1-12(19(24)21-11-14-5-4-8-28-14)22-20(25)16-10-18(29-23-16)15-9-13(26-2)6-7-17(15)27-3/h6-7,9-10,12,14H,4-5,8,11H2,1-3H3,(H,21,24)(H,22,25)/t12-,14-/m1/s1. The zero-order valence-corrected chi connectivity index (χ0v) is 16.7. The molecule has 156 valence electrons. The Morgan fingerprint density at radius 3 is 2.79 bits per heavy atom. The number of aromatic nitrogens is 1. The minimum atomic E-state index is -0.726. The van der Waals surface area contributed by atoms with Crippen LogP contribution in [0.5, 0.6) is 11.5 Å². The maximum absolute atomic E-state index is 12.4. The van der Waals surface area contributed by atoms with Crippen molar-refractivity contribution in [2.75, 3.05) is 27.4 Å². The van der Waals surface area contributed by atoms with Crippen LogP contribution in [0, 0.1) is 0 Å². The van der Waals surface area contributed by atoms with Gasteiger partial charge in [0.15, 0.2) is 11.5 Å². The van der Waals surface area contributed by atoms with Gasteiger partial charge < -0.3 is 29.4 Å². The molecule has 0 saturated carbocycles. The van der Waals surface area contributed by atoms with Crippen LogP contribution >= 0.6 is 0 Å². The summed E-state index contributed by atoms with van der Waals surface area (Å²) in [6, 6.07) is 5.97. The Labute approximate surface area is 168 Å². The summed E-state index contributed by atoms with van der Waals surface area (Å²) in [4.78, 5) is 24.6. The van der Waals surface area contributed by atoms with E-state index in [1.54, 1.807) is 32.2 Å². The third-order valence-corrected chi connectivity index (χ3v) is 4.68. The lowest BCUT2D eigenvalue weighted by atomic mass is 10.1. The molecule has 9 nitrogen and oxygen atoms in total. The topological polar surface area (TPSA) is 112 Å². The number of carbonyl (C=O) groups excluding carboxylic acids is 2. The van der Waals surface area contributed by atoms with Crippen molar-refractivity contribution in [3.8, 4) is 22.8 Å². The van der Waals surface area contributed by atoms with Crippen molar-refractivity contribution in [3.63, 3.8) is 0 Å². The molecule has 1 aromatic carbocycles. The summed E-state index contributed by atoms with van der Waals surface area (Å²) < 4.78 is 21.3. The number of methoxy groups -OCH3 is 2. The molecule has 2 aromatic rings. The first-order valence-electron chi connectivity index (χ1n) is 9.41. The highest BCUT2D eigenvalue weighted by molar-refractivity contribution is 5.96. The second kappa shape index (κ2) is 9.42. The van der Waals surface area contributed by atoms with E-state index in [4.69, 9.17) is 18.7 Å². The zero-order chi connectivity index (χ0) is 20.8. The number of ether oxygens (including phenoxy) is 3. The predicted molar refractivity (Wildman–Crippen MR) is 104 cm³/mol. The summed E-state index contributed by atoms with van der Waals surface area (Å²) in [5.74, 6) is 0.713. The Balaban J connectivity index is 1.62. The molecule has 2 N–H and O–H groups in total. The number of amides is 2. The van der Waals surface area contributed by atoms with E-state index in [0.717, 1.165) is 19.4 Å². The van der Waals surface area contributed by atoms with Gasteiger partial charge in [-0.15, -0.1) is 0 Å². The van der Waals surface area contributed by atoms with Gasteiger partial charge in [-0.3, -0.25) is 9.59 Å². The molecule has 0 spiro atoms. The molecule has 3 rings (SSSR count). The molecule has 9 heteroatoms. The van der Waals surface area contributed by atoms with Crippen LogP contribution in [-0.4, -0.2) is 56.5 Å². The lowest BCUT2D eigenvalue weighted by Gasteiger charge is -2.15. The molecule has 2 heterocycles. The van der Waals surface area contributed by atoms with Gasteiger partial charge in [0.1, 0.15) is 17.5 Å². The van der Waals surface area contributed by atoms with E-state index in [9.17, 15) is 9.59 Å². The largest absolute Gasteiger partial charge is 0.497 e. The van der Waals surface area contributed by atoms with E-state index in [2.05, 4.69) is 15.8 Å². The monoisotopic (exact) mass is 403 g/mol. The van der Waals surface area contributed by atoms with Gasteiger partial charge in [0.25, 0.3) is 5.91 Å². The van der Waals surface area contributed by atoms with E-state index in [-0.39, 0.29) is 17.7 Å². The third kappa shape index (κ3) is 5.05.